The first-order valence-corrected chi connectivity index (χ1v) is 6.89. The zero-order valence-corrected chi connectivity index (χ0v) is 11.3. The molecule has 2 heterocycles. The van der Waals surface area contributed by atoms with Crippen molar-refractivity contribution in [2.75, 3.05) is 5.32 Å². The van der Waals surface area contributed by atoms with Gasteiger partial charge in [-0.15, -0.1) is 11.3 Å². The minimum atomic E-state index is -0.267. The minimum Gasteiger partial charge on any atom is -0.321 e. The van der Waals surface area contributed by atoms with Gasteiger partial charge >= 0.3 is 0 Å². The molecular formula is C14H9ClN2OS. The number of benzene rings is 1. The molecule has 1 amide bonds. The van der Waals surface area contributed by atoms with Crippen LogP contribution in [0.5, 0.6) is 0 Å². The molecule has 0 aliphatic carbocycles. The molecule has 0 aliphatic heterocycles. The standard InChI is InChI=1S/C14H9ClN2OS/c15-13-3-1-2-11(17-13)14(18)16-10-4-5-12-9(8-10)6-7-19-12/h1-8H,(H,16,18). The largest absolute Gasteiger partial charge is 0.321 e. The molecule has 19 heavy (non-hydrogen) atoms. The van der Waals surface area contributed by atoms with Gasteiger partial charge in [-0.05, 0) is 47.2 Å². The summed E-state index contributed by atoms with van der Waals surface area (Å²) in [4.78, 5) is 16.0. The molecule has 3 rings (SSSR count). The lowest BCUT2D eigenvalue weighted by atomic mass is 10.2. The van der Waals surface area contributed by atoms with Crippen molar-refractivity contribution in [1.29, 1.82) is 0 Å². The van der Waals surface area contributed by atoms with Gasteiger partial charge in [-0.25, -0.2) is 4.98 Å². The molecule has 94 valence electrons. The second-order valence-corrected chi connectivity index (χ2v) is 5.31. The molecule has 2 aromatic heterocycles. The van der Waals surface area contributed by atoms with E-state index in [9.17, 15) is 4.79 Å². The third kappa shape index (κ3) is 2.59. The lowest BCUT2D eigenvalue weighted by Gasteiger charge is -2.05. The number of carbonyl (C=O) groups is 1. The van der Waals surface area contributed by atoms with E-state index in [1.165, 1.54) is 4.70 Å². The second-order valence-electron chi connectivity index (χ2n) is 3.97. The van der Waals surface area contributed by atoms with Crippen LogP contribution in [-0.4, -0.2) is 10.9 Å². The number of nitrogens with zero attached hydrogens (tertiary/aromatic N) is 1. The van der Waals surface area contributed by atoms with Crippen LogP contribution < -0.4 is 5.32 Å². The lowest BCUT2D eigenvalue weighted by molar-refractivity contribution is 0.102. The molecule has 0 atom stereocenters. The number of fused-ring (bicyclic) bond motifs is 1. The number of carbonyl (C=O) groups excluding carboxylic acids is 1. The number of thiophene rings is 1. The van der Waals surface area contributed by atoms with E-state index in [1.807, 2.05) is 29.6 Å². The average molecular weight is 289 g/mol. The Hall–Kier alpha value is -1.91. The number of rotatable bonds is 2. The van der Waals surface area contributed by atoms with Crippen molar-refractivity contribution in [2.24, 2.45) is 0 Å². The molecule has 0 saturated carbocycles. The minimum absolute atomic E-state index is 0.267. The summed E-state index contributed by atoms with van der Waals surface area (Å²) >= 11 is 7.44. The van der Waals surface area contributed by atoms with Gasteiger partial charge in [0.15, 0.2) is 0 Å². The number of hydrogen-bond acceptors (Lipinski definition) is 3. The van der Waals surface area contributed by atoms with Gasteiger partial charge in [0.25, 0.3) is 5.91 Å². The summed E-state index contributed by atoms with van der Waals surface area (Å²) in [7, 11) is 0. The first kappa shape index (κ1) is 12.1. The number of amides is 1. The molecule has 3 aromatic rings. The highest BCUT2D eigenvalue weighted by Gasteiger charge is 2.08. The second kappa shape index (κ2) is 4.99. The van der Waals surface area contributed by atoms with Crippen molar-refractivity contribution in [3.63, 3.8) is 0 Å². The Labute approximate surface area is 118 Å². The predicted molar refractivity (Wildman–Crippen MR) is 79.0 cm³/mol. The number of hydrogen-bond donors (Lipinski definition) is 1. The Balaban J connectivity index is 1.86. The first-order valence-electron chi connectivity index (χ1n) is 5.63. The van der Waals surface area contributed by atoms with E-state index >= 15 is 0 Å². The van der Waals surface area contributed by atoms with E-state index in [-0.39, 0.29) is 5.91 Å². The summed E-state index contributed by atoms with van der Waals surface area (Å²) in [5.41, 5.74) is 1.05. The zero-order chi connectivity index (χ0) is 13.2. The van der Waals surface area contributed by atoms with Crippen LogP contribution >= 0.6 is 22.9 Å². The first-order chi connectivity index (χ1) is 9.22. The van der Waals surface area contributed by atoms with Crippen molar-refractivity contribution in [3.05, 3.63) is 58.7 Å². The van der Waals surface area contributed by atoms with Crippen molar-refractivity contribution in [2.45, 2.75) is 0 Å². The number of halogens is 1. The summed E-state index contributed by atoms with van der Waals surface area (Å²) in [6, 6.07) is 12.8. The SMILES string of the molecule is O=C(Nc1ccc2sccc2c1)c1cccc(Cl)n1. The highest BCUT2D eigenvalue weighted by atomic mass is 35.5. The van der Waals surface area contributed by atoms with Gasteiger partial charge in [0, 0.05) is 10.4 Å². The maximum Gasteiger partial charge on any atom is 0.274 e. The molecular weight excluding hydrogens is 280 g/mol. The molecule has 0 radical (unpaired) electrons. The Morgan fingerprint density at radius 1 is 1.21 bits per heavy atom. The summed E-state index contributed by atoms with van der Waals surface area (Å²) in [6.07, 6.45) is 0. The summed E-state index contributed by atoms with van der Waals surface area (Å²) in [5, 5.41) is 6.25. The molecule has 0 aliphatic rings. The van der Waals surface area contributed by atoms with Gasteiger partial charge in [-0.3, -0.25) is 4.79 Å². The normalized spacial score (nSPS) is 10.6. The smallest absolute Gasteiger partial charge is 0.274 e. The number of nitrogens with one attached hydrogen (secondary N) is 1. The summed E-state index contributed by atoms with van der Waals surface area (Å²) < 4.78 is 1.19. The van der Waals surface area contributed by atoms with Crippen LogP contribution in [-0.2, 0) is 0 Å². The van der Waals surface area contributed by atoms with E-state index in [4.69, 9.17) is 11.6 Å². The maximum absolute atomic E-state index is 12.0. The molecule has 1 N–H and O–H groups in total. The fraction of sp³-hybridized carbons (Fsp3) is 0. The number of aromatic nitrogens is 1. The quantitative estimate of drug-likeness (QED) is 0.718. The van der Waals surface area contributed by atoms with E-state index < -0.39 is 0 Å². The topological polar surface area (TPSA) is 42.0 Å². The Morgan fingerprint density at radius 3 is 2.95 bits per heavy atom. The summed E-state index contributed by atoms with van der Waals surface area (Å²) in [6.45, 7) is 0. The van der Waals surface area contributed by atoms with Crippen LogP contribution in [0.25, 0.3) is 10.1 Å². The highest BCUT2D eigenvalue weighted by molar-refractivity contribution is 7.17. The van der Waals surface area contributed by atoms with Crippen LogP contribution in [0.15, 0.2) is 47.8 Å². The van der Waals surface area contributed by atoms with Crippen molar-refractivity contribution in [1.82, 2.24) is 4.98 Å². The molecule has 0 bridgehead atoms. The third-order valence-electron chi connectivity index (χ3n) is 2.66. The zero-order valence-electron chi connectivity index (χ0n) is 9.76. The van der Waals surface area contributed by atoms with Crippen LogP contribution in [0, 0.1) is 0 Å². The fourth-order valence-electron chi connectivity index (χ4n) is 1.77. The maximum atomic E-state index is 12.0. The van der Waals surface area contributed by atoms with Gasteiger partial charge < -0.3 is 5.32 Å². The highest BCUT2D eigenvalue weighted by Crippen LogP contribution is 2.24. The van der Waals surface area contributed by atoms with Crippen molar-refractivity contribution in [3.8, 4) is 0 Å². The third-order valence-corrected chi connectivity index (χ3v) is 3.77. The summed E-state index contributed by atoms with van der Waals surface area (Å²) in [5.74, 6) is -0.267. The van der Waals surface area contributed by atoms with Gasteiger partial charge in [0.05, 0.1) is 0 Å². The van der Waals surface area contributed by atoms with Gasteiger partial charge in [-0.1, -0.05) is 17.7 Å². The molecule has 5 heteroatoms. The molecule has 0 spiro atoms. The predicted octanol–water partition coefficient (Wildman–Crippen LogP) is 4.20. The van der Waals surface area contributed by atoms with Crippen LogP contribution in [0.1, 0.15) is 10.5 Å². The Morgan fingerprint density at radius 2 is 2.11 bits per heavy atom. The van der Waals surface area contributed by atoms with Gasteiger partial charge in [0.1, 0.15) is 10.8 Å². The number of pyridine rings is 1. The Bertz CT molecular complexity index is 754. The van der Waals surface area contributed by atoms with Crippen LogP contribution in [0.2, 0.25) is 5.15 Å². The van der Waals surface area contributed by atoms with Crippen molar-refractivity contribution >= 4 is 44.6 Å². The average Bonchev–Trinajstić information content (AvgIpc) is 2.86. The molecule has 0 fully saturated rings. The molecule has 1 aromatic carbocycles. The van der Waals surface area contributed by atoms with E-state index in [0.717, 1.165) is 11.1 Å². The van der Waals surface area contributed by atoms with Gasteiger partial charge in [-0.2, -0.15) is 0 Å². The molecule has 0 unspecified atom stereocenters. The Kier molecular flexibility index (Phi) is 3.19. The van der Waals surface area contributed by atoms with Crippen molar-refractivity contribution < 1.29 is 4.79 Å². The van der Waals surface area contributed by atoms with E-state index in [1.54, 1.807) is 29.5 Å². The van der Waals surface area contributed by atoms with Crippen LogP contribution in [0.3, 0.4) is 0 Å². The fourth-order valence-corrected chi connectivity index (χ4v) is 2.71. The lowest BCUT2D eigenvalue weighted by Crippen LogP contribution is -2.13. The number of anilines is 1. The molecule has 3 nitrogen and oxygen atoms in total. The van der Waals surface area contributed by atoms with E-state index in [2.05, 4.69) is 10.3 Å². The molecule has 0 saturated heterocycles. The van der Waals surface area contributed by atoms with E-state index in [0.29, 0.717) is 10.8 Å². The monoisotopic (exact) mass is 288 g/mol. The van der Waals surface area contributed by atoms with Gasteiger partial charge in [0.2, 0.25) is 0 Å². The van der Waals surface area contributed by atoms with Crippen LogP contribution in [0.4, 0.5) is 5.69 Å².